The Morgan fingerprint density at radius 1 is 1.26 bits per heavy atom. The van der Waals surface area contributed by atoms with Crippen molar-refractivity contribution >= 4 is 39.5 Å². The number of thiazole rings is 1. The normalized spacial score (nSPS) is 15.4. The van der Waals surface area contributed by atoms with Gasteiger partial charge in [-0.1, -0.05) is 11.3 Å². The first-order valence-corrected chi connectivity index (χ1v) is 9.38. The van der Waals surface area contributed by atoms with Crippen molar-refractivity contribution in [2.75, 3.05) is 49.2 Å². The number of carbonyl (C=O) groups is 1. The number of nitrogens with two attached hydrogens (primary N) is 1. The number of piperazine rings is 1. The largest absolute Gasteiger partial charge is 0.382 e. The number of amides is 1. The topological polar surface area (TPSA) is 91.8 Å². The number of fused-ring (bicyclic) bond motifs is 1. The molecular formula is C17H20FN7OS. The van der Waals surface area contributed by atoms with Crippen LogP contribution < -0.4 is 16.0 Å². The first-order chi connectivity index (χ1) is 12.9. The summed E-state index contributed by atoms with van der Waals surface area (Å²) in [6.45, 7) is 5.33. The van der Waals surface area contributed by atoms with Gasteiger partial charge in [0.05, 0.1) is 11.4 Å². The number of anilines is 3. The maximum atomic E-state index is 14.2. The SMILES string of the molecule is Cc1cn2cc(NC(=O)c3sc(N4CCN(C)CC4)nc3N)cc(F)c2n1. The fourth-order valence-corrected chi connectivity index (χ4v) is 3.98. The van der Waals surface area contributed by atoms with Crippen molar-refractivity contribution in [2.45, 2.75) is 6.92 Å². The molecule has 4 heterocycles. The van der Waals surface area contributed by atoms with Crippen LogP contribution in [0.15, 0.2) is 18.5 Å². The molecule has 27 heavy (non-hydrogen) atoms. The van der Waals surface area contributed by atoms with Crippen molar-refractivity contribution in [2.24, 2.45) is 0 Å². The summed E-state index contributed by atoms with van der Waals surface area (Å²) < 4.78 is 15.7. The van der Waals surface area contributed by atoms with E-state index in [-0.39, 0.29) is 11.5 Å². The average Bonchev–Trinajstić information content (AvgIpc) is 3.18. The van der Waals surface area contributed by atoms with Gasteiger partial charge in [-0.05, 0) is 14.0 Å². The maximum Gasteiger partial charge on any atom is 0.269 e. The van der Waals surface area contributed by atoms with Crippen molar-refractivity contribution in [3.8, 4) is 0 Å². The van der Waals surface area contributed by atoms with Gasteiger partial charge in [0.25, 0.3) is 5.91 Å². The molecule has 0 aliphatic carbocycles. The number of carbonyl (C=O) groups excluding carboxylic acids is 1. The Morgan fingerprint density at radius 3 is 2.74 bits per heavy atom. The van der Waals surface area contributed by atoms with Gasteiger partial charge in [0.1, 0.15) is 10.7 Å². The molecule has 0 atom stereocenters. The highest BCUT2D eigenvalue weighted by Crippen LogP contribution is 2.29. The highest BCUT2D eigenvalue weighted by molar-refractivity contribution is 7.18. The number of nitrogens with one attached hydrogen (secondary N) is 1. The second-order valence-corrected chi connectivity index (χ2v) is 7.62. The van der Waals surface area contributed by atoms with Crippen molar-refractivity contribution in [1.29, 1.82) is 0 Å². The van der Waals surface area contributed by atoms with Crippen molar-refractivity contribution in [1.82, 2.24) is 19.3 Å². The van der Waals surface area contributed by atoms with Gasteiger partial charge in [-0.2, -0.15) is 0 Å². The fraction of sp³-hybridized carbons (Fsp3) is 0.353. The van der Waals surface area contributed by atoms with E-state index in [1.165, 1.54) is 17.4 Å². The Kier molecular flexibility index (Phi) is 4.44. The second kappa shape index (κ2) is 6.78. The number of nitrogen functional groups attached to an aromatic ring is 1. The molecule has 1 fully saturated rings. The van der Waals surface area contributed by atoms with E-state index in [0.717, 1.165) is 31.3 Å². The van der Waals surface area contributed by atoms with Gasteiger partial charge in [0.2, 0.25) is 0 Å². The minimum Gasteiger partial charge on any atom is -0.382 e. The molecule has 0 radical (unpaired) electrons. The molecule has 0 bridgehead atoms. The second-order valence-electron chi connectivity index (χ2n) is 6.65. The molecule has 0 aromatic carbocycles. The molecule has 1 saturated heterocycles. The van der Waals surface area contributed by atoms with Gasteiger partial charge in [-0.25, -0.2) is 14.4 Å². The van der Waals surface area contributed by atoms with Crippen LogP contribution in [0.4, 0.5) is 21.0 Å². The van der Waals surface area contributed by atoms with E-state index >= 15 is 0 Å². The number of imidazole rings is 1. The number of halogens is 1. The molecule has 0 unspecified atom stereocenters. The van der Waals surface area contributed by atoms with Crippen molar-refractivity contribution < 1.29 is 9.18 Å². The summed E-state index contributed by atoms with van der Waals surface area (Å²) in [5.74, 6) is -0.719. The van der Waals surface area contributed by atoms with Gasteiger partial charge in [-0.3, -0.25) is 4.79 Å². The molecule has 4 rings (SSSR count). The van der Waals surface area contributed by atoms with Crippen LogP contribution in [0, 0.1) is 12.7 Å². The minimum atomic E-state index is -0.503. The number of pyridine rings is 1. The summed E-state index contributed by atoms with van der Waals surface area (Å²) in [6.07, 6.45) is 3.32. The summed E-state index contributed by atoms with van der Waals surface area (Å²) in [5.41, 5.74) is 7.21. The molecule has 0 saturated carbocycles. The Morgan fingerprint density at radius 2 is 2.00 bits per heavy atom. The van der Waals surface area contributed by atoms with Crippen LogP contribution in [0.2, 0.25) is 0 Å². The highest BCUT2D eigenvalue weighted by Gasteiger charge is 2.22. The minimum absolute atomic E-state index is 0.187. The van der Waals surface area contributed by atoms with Gasteiger partial charge < -0.3 is 25.3 Å². The number of likely N-dealkylation sites (N-methyl/N-ethyl adjacent to an activating group) is 1. The number of hydrogen-bond donors (Lipinski definition) is 2. The summed E-state index contributed by atoms with van der Waals surface area (Å²) in [7, 11) is 2.07. The van der Waals surface area contributed by atoms with Crippen LogP contribution in [0.3, 0.4) is 0 Å². The van der Waals surface area contributed by atoms with Gasteiger partial charge >= 0.3 is 0 Å². The monoisotopic (exact) mass is 389 g/mol. The summed E-state index contributed by atoms with van der Waals surface area (Å²) in [6, 6.07) is 1.25. The molecule has 0 spiro atoms. The Balaban J connectivity index is 1.55. The zero-order valence-corrected chi connectivity index (χ0v) is 15.9. The van der Waals surface area contributed by atoms with Gasteiger partial charge in [0, 0.05) is 44.6 Å². The molecule has 1 aliphatic heterocycles. The van der Waals surface area contributed by atoms with Crippen LogP contribution in [0.5, 0.6) is 0 Å². The molecule has 8 nitrogen and oxygen atoms in total. The summed E-state index contributed by atoms with van der Waals surface area (Å²) in [4.78, 5) is 25.8. The van der Waals surface area contributed by atoms with Crippen LogP contribution in [0.25, 0.3) is 5.65 Å². The smallest absolute Gasteiger partial charge is 0.269 e. The van der Waals surface area contributed by atoms with E-state index < -0.39 is 11.7 Å². The predicted octanol–water partition coefficient (Wildman–Crippen LogP) is 1.82. The zero-order valence-electron chi connectivity index (χ0n) is 15.1. The number of aromatic nitrogens is 3. The third-order valence-corrected chi connectivity index (χ3v) is 5.64. The molecule has 142 valence electrons. The van der Waals surface area contributed by atoms with E-state index in [0.29, 0.717) is 16.3 Å². The van der Waals surface area contributed by atoms with Crippen LogP contribution in [-0.4, -0.2) is 58.4 Å². The number of rotatable bonds is 3. The highest BCUT2D eigenvalue weighted by atomic mass is 32.1. The van der Waals surface area contributed by atoms with E-state index in [1.807, 2.05) is 0 Å². The number of aryl methyl sites for hydroxylation is 1. The van der Waals surface area contributed by atoms with Crippen molar-refractivity contribution in [3.63, 3.8) is 0 Å². The molecule has 1 aliphatic rings. The standard InChI is InChI=1S/C17H20FN7OS/c1-10-8-25-9-11(7-12(18)15(25)20-10)21-16(26)13-14(19)22-17(27-13)24-5-3-23(2)4-6-24/h7-9H,3-6,19H2,1-2H3,(H,21,26). The third-order valence-electron chi connectivity index (χ3n) is 4.51. The summed E-state index contributed by atoms with van der Waals surface area (Å²) >= 11 is 1.25. The molecule has 1 amide bonds. The first kappa shape index (κ1) is 17.7. The van der Waals surface area contributed by atoms with Gasteiger partial charge in [-0.15, -0.1) is 0 Å². The molecule has 10 heteroatoms. The average molecular weight is 389 g/mol. The van der Waals surface area contributed by atoms with E-state index in [2.05, 4.69) is 32.1 Å². The predicted molar refractivity (Wildman–Crippen MR) is 104 cm³/mol. The lowest BCUT2D eigenvalue weighted by molar-refractivity contribution is 0.103. The Hall–Kier alpha value is -2.72. The van der Waals surface area contributed by atoms with E-state index in [1.54, 1.807) is 23.7 Å². The molecular weight excluding hydrogens is 369 g/mol. The third kappa shape index (κ3) is 3.45. The first-order valence-electron chi connectivity index (χ1n) is 8.56. The lowest BCUT2D eigenvalue weighted by Gasteiger charge is -2.31. The quantitative estimate of drug-likeness (QED) is 0.710. The molecule has 3 N–H and O–H groups in total. The molecule has 3 aromatic rings. The maximum absolute atomic E-state index is 14.2. The Bertz CT molecular complexity index is 1010. The lowest BCUT2D eigenvalue weighted by Crippen LogP contribution is -2.44. The molecule has 3 aromatic heterocycles. The number of nitrogens with zero attached hydrogens (tertiary/aromatic N) is 5. The lowest BCUT2D eigenvalue weighted by atomic mass is 10.3. The number of hydrogen-bond acceptors (Lipinski definition) is 7. The van der Waals surface area contributed by atoms with Crippen LogP contribution in [-0.2, 0) is 0 Å². The van der Waals surface area contributed by atoms with Crippen LogP contribution >= 0.6 is 11.3 Å². The van der Waals surface area contributed by atoms with E-state index in [4.69, 9.17) is 5.73 Å². The van der Waals surface area contributed by atoms with E-state index in [9.17, 15) is 9.18 Å². The van der Waals surface area contributed by atoms with Gasteiger partial charge in [0.15, 0.2) is 16.6 Å². The van der Waals surface area contributed by atoms with Crippen molar-refractivity contribution in [3.05, 3.63) is 34.8 Å². The van der Waals surface area contributed by atoms with Crippen LogP contribution in [0.1, 0.15) is 15.4 Å². The zero-order chi connectivity index (χ0) is 19.1. The fourth-order valence-electron chi connectivity index (χ4n) is 3.05. The summed E-state index contributed by atoms with van der Waals surface area (Å²) in [5, 5.41) is 3.43. The Labute approximate surface area is 159 Å².